The summed E-state index contributed by atoms with van der Waals surface area (Å²) in [5, 5.41) is 27.1. The fraction of sp³-hybridized carbons (Fsp3) is 0.100. The van der Waals surface area contributed by atoms with Crippen molar-refractivity contribution >= 4 is 40.5 Å². The lowest BCUT2D eigenvalue weighted by Gasteiger charge is -2.13. The summed E-state index contributed by atoms with van der Waals surface area (Å²) in [6, 6.07) is 15.0. The Morgan fingerprint density at radius 1 is 1.17 bits per heavy atom. The van der Waals surface area contributed by atoms with Crippen LogP contribution >= 0.6 is 11.8 Å². The van der Waals surface area contributed by atoms with Gasteiger partial charge in [0.1, 0.15) is 11.6 Å². The van der Waals surface area contributed by atoms with Gasteiger partial charge in [-0.25, -0.2) is 9.97 Å². The van der Waals surface area contributed by atoms with Gasteiger partial charge in [0, 0.05) is 36.0 Å². The highest BCUT2D eigenvalue weighted by molar-refractivity contribution is 7.98. The first-order valence-electron chi connectivity index (χ1n) is 8.67. The van der Waals surface area contributed by atoms with E-state index in [0.29, 0.717) is 27.8 Å². The maximum absolute atomic E-state index is 11.2. The predicted octanol–water partition coefficient (Wildman–Crippen LogP) is 4.35. The Bertz CT molecular complexity index is 1160. The molecule has 150 valence electrons. The molecule has 1 aromatic heterocycles. The molecule has 9 nitrogen and oxygen atoms in total. The highest BCUT2D eigenvalue weighted by Gasteiger charge is 2.18. The summed E-state index contributed by atoms with van der Waals surface area (Å²) in [6.07, 6.45) is 1.80. The van der Waals surface area contributed by atoms with Crippen LogP contribution in [0.1, 0.15) is 12.5 Å². The minimum absolute atomic E-state index is 0.0937. The number of nitrogens with zero attached hydrogens (tertiary/aromatic N) is 4. The highest BCUT2D eigenvalue weighted by Crippen LogP contribution is 2.31. The Morgan fingerprint density at radius 2 is 1.87 bits per heavy atom. The zero-order valence-electron chi connectivity index (χ0n) is 16.0. The van der Waals surface area contributed by atoms with Crippen LogP contribution in [-0.4, -0.2) is 27.1 Å². The van der Waals surface area contributed by atoms with Crippen LogP contribution in [0.3, 0.4) is 0 Å². The minimum atomic E-state index is -0.498. The van der Waals surface area contributed by atoms with Crippen molar-refractivity contribution in [1.82, 2.24) is 9.97 Å². The Kier molecular flexibility index (Phi) is 6.24. The molecule has 0 radical (unpaired) electrons. The van der Waals surface area contributed by atoms with Crippen LogP contribution in [0.15, 0.2) is 53.7 Å². The molecule has 1 amide bonds. The zero-order valence-corrected chi connectivity index (χ0v) is 16.9. The van der Waals surface area contributed by atoms with E-state index >= 15 is 0 Å². The maximum atomic E-state index is 11.2. The lowest BCUT2D eigenvalue weighted by molar-refractivity contribution is -0.384. The number of rotatable bonds is 6. The fourth-order valence-corrected chi connectivity index (χ4v) is 3.05. The molecule has 0 unspecified atom stereocenters. The van der Waals surface area contributed by atoms with Crippen molar-refractivity contribution in [3.8, 4) is 17.3 Å². The summed E-state index contributed by atoms with van der Waals surface area (Å²) >= 11 is 1.29. The molecule has 2 aromatic carbocycles. The van der Waals surface area contributed by atoms with E-state index in [4.69, 9.17) is 0 Å². The van der Waals surface area contributed by atoms with Gasteiger partial charge in [0.2, 0.25) is 5.91 Å². The molecule has 30 heavy (non-hydrogen) atoms. The average Bonchev–Trinajstić information content (AvgIpc) is 2.74. The Hall–Kier alpha value is -3.97. The minimum Gasteiger partial charge on any atom is -0.339 e. The second-order valence-corrected chi connectivity index (χ2v) is 6.86. The molecule has 1 heterocycles. The van der Waals surface area contributed by atoms with E-state index in [1.807, 2.05) is 0 Å². The molecule has 3 rings (SSSR count). The first-order valence-corrected chi connectivity index (χ1v) is 9.89. The van der Waals surface area contributed by atoms with E-state index in [2.05, 4.69) is 26.7 Å². The SMILES string of the molecule is CSc1nc(Nc2ccc(NC(C)=O)cc2)c(C#N)c(-c2cccc([N+](=O)[O-])c2)n1. The largest absolute Gasteiger partial charge is 0.339 e. The standard InChI is InChI=1S/C20H16N6O3S/c1-12(27)22-14-6-8-15(9-7-14)23-19-17(11-21)18(24-20(25-19)30-2)13-4-3-5-16(10-13)26(28)29/h3-10H,1-2H3,(H,22,27)(H,23,24,25). The number of carbonyl (C=O) groups excluding carboxylic acids is 1. The second kappa shape index (κ2) is 9.02. The number of amides is 1. The summed E-state index contributed by atoms with van der Waals surface area (Å²) < 4.78 is 0. The molecule has 0 spiro atoms. The maximum Gasteiger partial charge on any atom is 0.270 e. The van der Waals surface area contributed by atoms with Gasteiger partial charge in [0.15, 0.2) is 11.0 Å². The summed E-state index contributed by atoms with van der Waals surface area (Å²) in [5.74, 6) is 0.107. The smallest absolute Gasteiger partial charge is 0.270 e. The number of nitro groups is 1. The molecule has 0 saturated carbocycles. The fourth-order valence-electron chi connectivity index (χ4n) is 2.68. The summed E-state index contributed by atoms with van der Waals surface area (Å²) in [6.45, 7) is 1.42. The van der Waals surface area contributed by atoms with Crippen molar-refractivity contribution in [2.24, 2.45) is 0 Å². The third-order valence-corrected chi connectivity index (χ3v) is 4.53. The van der Waals surface area contributed by atoms with Gasteiger partial charge < -0.3 is 10.6 Å². The van der Waals surface area contributed by atoms with Gasteiger partial charge in [0.05, 0.1) is 10.6 Å². The van der Waals surface area contributed by atoms with Crippen molar-refractivity contribution in [3.05, 3.63) is 64.2 Å². The van der Waals surface area contributed by atoms with Crippen LogP contribution in [0.5, 0.6) is 0 Å². The van der Waals surface area contributed by atoms with Crippen molar-refractivity contribution in [2.45, 2.75) is 12.1 Å². The normalized spacial score (nSPS) is 10.2. The van der Waals surface area contributed by atoms with E-state index in [-0.39, 0.29) is 23.0 Å². The molecule has 2 N–H and O–H groups in total. The van der Waals surface area contributed by atoms with E-state index in [1.165, 1.54) is 30.8 Å². The number of thioether (sulfide) groups is 1. The van der Waals surface area contributed by atoms with Gasteiger partial charge in [0.25, 0.3) is 5.69 Å². The average molecular weight is 420 g/mol. The topological polar surface area (TPSA) is 134 Å². The number of nitro benzene ring substituents is 1. The number of carbonyl (C=O) groups is 1. The lowest BCUT2D eigenvalue weighted by Crippen LogP contribution is -2.06. The summed E-state index contributed by atoms with van der Waals surface area (Å²) in [5.41, 5.74) is 2.11. The number of anilines is 3. The molecule has 0 aliphatic heterocycles. The van der Waals surface area contributed by atoms with E-state index in [1.54, 1.807) is 42.7 Å². The molecule has 3 aromatic rings. The molecule has 0 bridgehead atoms. The van der Waals surface area contributed by atoms with Gasteiger partial charge in [-0.1, -0.05) is 23.9 Å². The summed E-state index contributed by atoms with van der Waals surface area (Å²) in [7, 11) is 0. The molecular weight excluding hydrogens is 404 g/mol. The van der Waals surface area contributed by atoms with Crippen LogP contribution in [0.4, 0.5) is 22.9 Å². The third-order valence-electron chi connectivity index (χ3n) is 3.98. The number of nitriles is 1. The Labute approximate surface area is 176 Å². The molecule has 0 aliphatic rings. The van der Waals surface area contributed by atoms with Crippen molar-refractivity contribution in [2.75, 3.05) is 16.9 Å². The molecule has 0 atom stereocenters. The number of nitrogens with one attached hydrogen (secondary N) is 2. The lowest BCUT2D eigenvalue weighted by atomic mass is 10.1. The second-order valence-electron chi connectivity index (χ2n) is 6.09. The van der Waals surface area contributed by atoms with Gasteiger partial charge in [-0.3, -0.25) is 14.9 Å². The number of aromatic nitrogens is 2. The van der Waals surface area contributed by atoms with Crippen LogP contribution < -0.4 is 10.6 Å². The Morgan fingerprint density at radius 3 is 2.47 bits per heavy atom. The zero-order chi connectivity index (χ0) is 21.7. The van der Waals surface area contributed by atoms with Gasteiger partial charge >= 0.3 is 0 Å². The van der Waals surface area contributed by atoms with Crippen molar-refractivity contribution in [1.29, 1.82) is 5.26 Å². The molecule has 0 aliphatic carbocycles. The van der Waals surface area contributed by atoms with Gasteiger partial charge in [-0.05, 0) is 30.5 Å². The van der Waals surface area contributed by atoms with Crippen LogP contribution in [0.25, 0.3) is 11.3 Å². The van der Waals surface area contributed by atoms with Crippen molar-refractivity contribution < 1.29 is 9.72 Å². The van der Waals surface area contributed by atoms with Crippen molar-refractivity contribution in [3.63, 3.8) is 0 Å². The number of hydrogen-bond donors (Lipinski definition) is 2. The highest BCUT2D eigenvalue weighted by atomic mass is 32.2. The van der Waals surface area contributed by atoms with E-state index < -0.39 is 4.92 Å². The first-order chi connectivity index (χ1) is 14.4. The number of hydrogen-bond acceptors (Lipinski definition) is 8. The van der Waals surface area contributed by atoms with Gasteiger partial charge in [-0.15, -0.1) is 0 Å². The van der Waals surface area contributed by atoms with Crippen LogP contribution in [-0.2, 0) is 4.79 Å². The molecule has 10 heteroatoms. The van der Waals surface area contributed by atoms with Crippen LogP contribution in [0.2, 0.25) is 0 Å². The van der Waals surface area contributed by atoms with E-state index in [9.17, 15) is 20.2 Å². The molecule has 0 saturated heterocycles. The summed E-state index contributed by atoms with van der Waals surface area (Å²) in [4.78, 5) is 30.6. The quantitative estimate of drug-likeness (QED) is 0.260. The predicted molar refractivity (Wildman–Crippen MR) is 115 cm³/mol. The van der Waals surface area contributed by atoms with E-state index in [0.717, 1.165) is 0 Å². The third kappa shape index (κ3) is 4.71. The number of non-ortho nitro benzene ring substituents is 1. The monoisotopic (exact) mass is 420 g/mol. The van der Waals surface area contributed by atoms with Gasteiger partial charge in [-0.2, -0.15) is 5.26 Å². The Balaban J connectivity index is 2.04. The first kappa shape index (κ1) is 20.8. The molecule has 0 fully saturated rings. The van der Waals surface area contributed by atoms with Crippen LogP contribution in [0, 0.1) is 21.4 Å². The number of benzene rings is 2. The molecular formula is C20H16N6O3S.